The second kappa shape index (κ2) is 20.6. The first kappa shape index (κ1) is 42.9. The van der Waals surface area contributed by atoms with Crippen molar-refractivity contribution in [3.63, 3.8) is 0 Å². The van der Waals surface area contributed by atoms with Gasteiger partial charge in [-0.3, -0.25) is 24.5 Å². The molecule has 0 heterocycles. The van der Waals surface area contributed by atoms with Gasteiger partial charge in [0.1, 0.15) is 18.1 Å². The Morgan fingerprint density at radius 1 is 0.827 bits per heavy atom. The van der Waals surface area contributed by atoms with Crippen molar-refractivity contribution in [2.75, 3.05) is 23.7 Å². The van der Waals surface area contributed by atoms with Crippen LogP contribution in [0.25, 0.3) is 0 Å². The molecule has 0 radical (unpaired) electrons. The minimum atomic E-state index is -1.34. The Morgan fingerprint density at radius 2 is 1.37 bits per heavy atom. The molecule has 2 rings (SSSR count). The summed E-state index contributed by atoms with van der Waals surface area (Å²) in [7, 11) is 0. The van der Waals surface area contributed by atoms with Crippen LogP contribution in [0.2, 0.25) is 5.02 Å². The van der Waals surface area contributed by atoms with E-state index in [1.54, 1.807) is 48.5 Å². The molecule has 0 aromatic heterocycles. The minimum Gasteiger partial charge on any atom is -0.480 e. The van der Waals surface area contributed by atoms with Crippen molar-refractivity contribution < 1.29 is 39.1 Å². The lowest BCUT2D eigenvalue weighted by atomic mass is 9.92. The molecule has 0 aliphatic heterocycles. The molecule has 0 saturated carbocycles. The second-order valence-electron chi connectivity index (χ2n) is 13.8. The Balaban J connectivity index is 1.97. The van der Waals surface area contributed by atoms with Crippen LogP contribution >= 0.6 is 11.6 Å². The van der Waals surface area contributed by atoms with E-state index < -0.39 is 52.7 Å². The Bertz CT molecular complexity index is 1580. The van der Waals surface area contributed by atoms with Gasteiger partial charge in [0.15, 0.2) is 5.82 Å². The first-order chi connectivity index (χ1) is 24.3. The van der Waals surface area contributed by atoms with Crippen molar-refractivity contribution in [3.8, 4) is 0 Å². The maximum Gasteiger partial charge on any atom is 0.327 e. The van der Waals surface area contributed by atoms with Gasteiger partial charge in [0.05, 0.1) is 11.3 Å². The van der Waals surface area contributed by atoms with Gasteiger partial charge in [-0.1, -0.05) is 58.4 Å². The Morgan fingerprint density at radius 3 is 1.87 bits per heavy atom. The monoisotopic (exact) mass is 745 g/mol. The number of hydrogen-bond acceptors (Lipinski definition) is 10. The number of halogens is 1. The van der Waals surface area contributed by atoms with E-state index in [9.17, 15) is 44.3 Å². The van der Waals surface area contributed by atoms with Gasteiger partial charge in [-0.2, -0.15) is 0 Å². The number of rotatable bonds is 21. The fourth-order valence-corrected chi connectivity index (χ4v) is 4.96. The van der Waals surface area contributed by atoms with Crippen LogP contribution in [0.5, 0.6) is 0 Å². The highest BCUT2D eigenvalue weighted by Gasteiger charge is 2.28. The average molecular weight is 746 g/mol. The number of hydrogen-bond donors (Lipinski definition) is 8. The molecular formula is C35H48ClN7O9. The number of aliphatic carboxylic acids is 2. The zero-order valence-electron chi connectivity index (χ0n) is 29.8. The van der Waals surface area contributed by atoms with Gasteiger partial charge in [-0.25, -0.2) is 9.59 Å². The van der Waals surface area contributed by atoms with Crippen LogP contribution in [0, 0.1) is 21.4 Å². The highest BCUT2D eigenvalue weighted by atomic mass is 35.5. The number of carbonyl (C=O) groups is 5. The number of nitro groups is 1. The summed E-state index contributed by atoms with van der Waals surface area (Å²) in [5.41, 5.74) is 1.30. The van der Waals surface area contributed by atoms with Gasteiger partial charge >= 0.3 is 11.9 Å². The predicted octanol–water partition coefficient (Wildman–Crippen LogP) is 3.57. The molecule has 3 atom stereocenters. The van der Waals surface area contributed by atoms with E-state index in [1.807, 2.05) is 34.6 Å². The minimum absolute atomic E-state index is 0.0166. The van der Waals surface area contributed by atoms with Crippen molar-refractivity contribution in [1.82, 2.24) is 21.3 Å². The van der Waals surface area contributed by atoms with E-state index >= 15 is 0 Å². The van der Waals surface area contributed by atoms with Gasteiger partial charge in [0.2, 0.25) is 17.7 Å². The van der Waals surface area contributed by atoms with Crippen LogP contribution in [0.15, 0.2) is 60.6 Å². The Hall–Kier alpha value is -5.22. The fraction of sp³-hybridized carbons (Fsp3) is 0.457. The van der Waals surface area contributed by atoms with E-state index in [-0.39, 0.29) is 55.9 Å². The largest absolute Gasteiger partial charge is 0.480 e. The highest BCUT2D eigenvalue weighted by Crippen LogP contribution is 2.19. The van der Waals surface area contributed by atoms with Crippen molar-refractivity contribution >= 4 is 52.6 Å². The molecule has 0 saturated heterocycles. The number of benzene rings is 2. The van der Waals surface area contributed by atoms with Crippen molar-refractivity contribution in [3.05, 3.63) is 81.3 Å². The second-order valence-corrected chi connectivity index (χ2v) is 14.2. The molecule has 16 nitrogen and oxygen atoms in total. The molecule has 3 unspecified atom stereocenters. The highest BCUT2D eigenvalue weighted by molar-refractivity contribution is 6.30. The number of nitrogens with one attached hydrogen (secondary N) is 6. The van der Waals surface area contributed by atoms with Gasteiger partial charge in [-0.05, 0) is 72.7 Å². The molecule has 52 heavy (non-hydrogen) atoms. The van der Waals surface area contributed by atoms with Crippen LogP contribution in [0.1, 0.15) is 59.4 Å². The summed E-state index contributed by atoms with van der Waals surface area (Å²) >= 11 is 5.91. The zero-order valence-corrected chi connectivity index (χ0v) is 30.6. The molecule has 0 fully saturated rings. The number of carboxylic acid groups (broad SMARTS) is 2. The number of carboxylic acids is 2. The summed E-state index contributed by atoms with van der Waals surface area (Å²) in [5.74, 6) is -4.11. The molecular weight excluding hydrogens is 698 g/mol. The van der Waals surface area contributed by atoms with Gasteiger partial charge < -0.3 is 42.1 Å². The van der Waals surface area contributed by atoms with Crippen molar-refractivity contribution in [2.24, 2.45) is 11.3 Å². The molecule has 284 valence electrons. The summed E-state index contributed by atoms with van der Waals surface area (Å²) in [6.07, 6.45) is 0.920. The standard InChI is InChI=1S/C35H48ClN7O9/c1-21(2)16-27(32(46)42-26(33(47)48)14-15-37-19-28(34(49)50)41-31(45)18-35(3,4)5)40-30(44)17-22-6-10-24(11-7-22)38-29(20-43(51)52)39-25-12-8-23(36)9-13-25/h6-13,20-21,26-28,37-39H,14-19H2,1-5H3,(H,40,44)(H,41,45)(H,42,46)(H,47,48)(H,49,50). The SMILES string of the molecule is CC(C)CC(NC(=O)Cc1ccc(NC(=C[N+](=O)[O-])Nc2ccc(Cl)cc2)cc1)C(=O)NC(CCNCC(NC(=O)CC(C)(C)C)C(=O)O)C(=O)O. The predicted molar refractivity (Wildman–Crippen MR) is 196 cm³/mol. The summed E-state index contributed by atoms with van der Waals surface area (Å²) in [6, 6.07) is 9.51. The molecule has 8 N–H and O–H groups in total. The smallest absolute Gasteiger partial charge is 0.327 e. The average Bonchev–Trinajstić information content (AvgIpc) is 3.01. The Kier molecular flexibility index (Phi) is 17.0. The van der Waals surface area contributed by atoms with Crippen molar-refractivity contribution in [2.45, 2.75) is 78.4 Å². The Labute approximate surface area is 307 Å². The first-order valence-electron chi connectivity index (χ1n) is 16.6. The molecule has 17 heteroatoms. The lowest BCUT2D eigenvalue weighted by Gasteiger charge is -2.23. The van der Waals surface area contributed by atoms with Gasteiger partial charge in [0.25, 0.3) is 6.20 Å². The molecule has 2 aromatic rings. The topological polar surface area (TPSA) is 241 Å². The molecule has 3 amide bonds. The van der Waals surface area contributed by atoms with Crippen molar-refractivity contribution in [1.29, 1.82) is 0 Å². The van der Waals surface area contributed by atoms with E-state index in [2.05, 4.69) is 31.9 Å². The number of carbonyl (C=O) groups excluding carboxylic acids is 3. The summed E-state index contributed by atoms with van der Waals surface area (Å²) in [4.78, 5) is 72.6. The molecule has 0 bridgehead atoms. The van der Waals surface area contributed by atoms with Crippen LogP contribution < -0.4 is 31.9 Å². The molecule has 0 aliphatic carbocycles. The summed E-state index contributed by atoms with van der Waals surface area (Å²) < 4.78 is 0. The van der Waals surface area contributed by atoms with E-state index in [0.29, 0.717) is 22.0 Å². The fourth-order valence-electron chi connectivity index (χ4n) is 4.83. The van der Waals surface area contributed by atoms with E-state index in [0.717, 1.165) is 6.20 Å². The van der Waals surface area contributed by atoms with Gasteiger partial charge in [0, 0.05) is 29.4 Å². The first-order valence-corrected chi connectivity index (χ1v) is 17.0. The maximum absolute atomic E-state index is 13.2. The third-order valence-corrected chi connectivity index (χ3v) is 7.46. The van der Waals surface area contributed by atoms with Crippen LogP contribution in [0.3, 0.4) is 0 Å². The lowest BCUT2D eigenvalue weighted by Crippen LogP contribution is -2.53. The van der Waals surface area contributed by atoms with Gasteiger partial charge in [-0.15, -0.1) is 0 Å². The zero-order chi connectivity index (χ0) is 39.0. The molecule has 0 spiro atoms. The number of amides is 3. The molecule has 0 aliphatic rings. The van der Waals surface area contributed by atoms with Crippen LogP contribution in [-0.4, -0.2) is 76.0 Å². The van der Waals surface area contributed by atoms with Crippen LogP contribution in [0.4, 0.5) is 11.4 Å². The number of anilines is 2. The summed E-state index contributed by atoms with van der Waals surface area (Å²) in [6.45, 7) is 9.09. The quantitative estimate of drug-likeness (QED) is 0.0520. The van der Waals surface area contributed by atoms with E-state index in [1.165, 1.54) is 0 Å². The normalized spacial score (nSPS) is 13.3. The summed E-state index contributed by atoms with van der Waals surface area (Å²) in [5, 5.41) is 47.2. The maximum atomic E-state index is 13.2. The molecule has 2 aromatic carbocycles. The number of nitrogens with zero attached hydrogens (tertiary/aromatic N) is 1. The third-order valence-electron chi connectivity index (χ3n) is 7.21. The third kappa shape index (κ3) is 17.1. The lowest BCUT2D eigenvalue weighted by molar-refractivity contribution is -0.403. The van der Waals surface area contributed by atoms with E-state index in [4.69, 9.17) is 11.6 Å². The van der Waals surface area contributed by atoms with Crippen LogP contribution in [-0.2, 0) is 30.4 Å².